The van der Waals surface area contributed by atoms with Crippen molar-refractivity contribution in [2.45, 2.75) is 63.8 Å². The van der Waals surface area contributed by atoms with Crippen LogP contribution in [0, 0.1) is 5.92 Å². The maximum atomic E-state index is 12.7. The molecule has 4 nitrogen and oxygen atoms in total. The van der Waals surface area contributed by atoms with Gasteiger partial charge in [0.05, 0.1) is 17.8 Å². The summed E-state index contributed by atoms with van der Waals surface area (Å²) in [4.78, 5) is 14.7. The van der Waals surface area contributed by atoms with Gasteiger partial charge in [-0.25, -0.2) is 0 Å². The third kappa shape index (κ3) is 1.86. The van der Waals surface area contributed by atoms with Crippen LogP contribution in [0.25, 0.3) is 0 Å². The van der Waals surface area contributed by atoms with Gasteiger partial charge < -0.3 is 9.64 Å². The molecule has 0 bridgehead atoms. The van der Waals surface area contributed by atoms with Gasteiger partial charge >= 0.3 is 0 Å². The first-order valence-corrected chi connectivity index (χ1v) is 7.33. The number of carbonyl (C=O) groups excluding carboxylic acids is 1. The summed E-state index contributed by atoms with van der Waals surface area (Å²) in [5.74, 6) is 0.848. The van der Waals surface area contributed by atoms with Gasteiger partial charge in [0.1, 0.15) is 0 Å². The van der Waals surface area contributed by atoms with Crippen LogP contribution in [0.4, 0.5) is 0 Å². The molecule has 2 heterocycles. The molecule has 18 heavy (non-hydrogen) atoms. The Bertz CT molecular complexity index is 339. The van der Waals surface area contributed by atoms with Crippen molar-refractivity contribution >= 4 is 5.91 Å². The van der Waals surface area contributed by atoms with Crippen molar-refractivity contribution in [3.8, 4) is 0 Å². The van der Waals surface area contributed by atoms with Crippen molar-refractivity contribution in [3.63, 3.8) is 0 Å². The van der Waals surface area contributed by atoms with E-state index >= 15 is 0 Å². The second-order valence-corrected chi connectivity index (χ2v) is 6.19. The zero-order valence-electron chi connectivity index (χ0n) is 11.4. The van der Waals surface area contributed by atoms with E-state index in [1.807, 2.05) is 0 Å². The second kappa shape index (κ2) is 4.49. The van der Waals surface area contributed by atoms with E-state index in [1.54, 1.807) is 0 Å². The number of hydrogen-bond donors (Lipinski definition) is 1. The largest absolute Gasteiger partial charge is 0.378 e. The lowest BCUT2D eigenvalue weighted by Crippen LogP contribution is -2.44. The Morgan fingerprint density at radius 2 is 2.11 bits per heavy atom. The molecule has 2 aliphatic heterocycles. The molecule has 102 valence electrons. The van der Waals surface area contributed by atoms with Crippen LogP contribution in [0.5, 0.6) is 0 Å². The lowest BCUT2D eigenvalue weighted by Gasteiger charge is -2.26. The summed E-state index contributed by atoms with van der Waals surface area (Å²) in [5, 5.41) is 3.55. The molecule has 3 atom stereocenters. The van der Waals surface area contributed by atoms with E-state index in [-0.39, 0.29) is 11.7 Å². The average Bonchev–Trinajstić information content (AvgIpc) is 3.00. The van der Waals surface area contributed by atoms with Gasteiger partial charge in [0.15, 0.2) is 0 Å². The minimum atomic E-state index is -0.220. The Balaban J connectivity index is 1.70. The first kappa shape index (κ1) is 12.4. The molecular weight excluding hydrogens is 228 g/mol. The number of hydrogen-bond acceptors (Lipinski definition) is 3. The SMILES string of the molecule is CC1OCCC1CN1C(=O)C2(CCCC2)NC1C. The summed E-state index contributed by atoms with van der Waals surface area (Å²) in [6.45, 7) is 5.95. The maximum Gasteiger partial charge on any atom is 0.244 e. The van der Waals surface area contributed by atoms with Gasteiger partial charge in [-0.1, -0.05) is 12.8 Å². The number of nitrogens with zero attached hydrogens (tertiary/aromatic N) is 1. The quantitative estimate of drug-likeness (QED) is 0.810. The van der Waals surface area contributed by atoms with Crippen molar-refractivity contribution < 1.29 is 9.53 Å². The minimum Gasteiger partial charge on any atom is -0.378 e. The number of carbonyl (C=O) groups is 1. The molecule has 3 rings (SSSR count). The van der Waals surface area contributed by atoms with Crippen LogP contribution in [-0.4, -0.2) is 41.8 Å². The van der Waals surface area contributed by atoms with Crippen molar-refractivity contribution in [1.82, 2.24) is 10.2 Å². The Labute approximate surface area is 109 Å². The topological polar surface area (TPSA) is 41.6 Å². The fourth-order valence-electron chi connectivity index (χ4n) is 3.84. The Morgan fingerprint density at radius 3 is 2.72 bits per heavy atom. The van der Waals surface area contributed by atoms with Crippen molar-refractivity contribution in [3.05, 3.63) is 0 Å². The van der Waals surface area contributed by atoms with E-state index in [0.29, 0.717) is 17.9 Å². The summed E-state index contributed by atoms with van der Waals surface area (Å²) in [6, 6.07) is 0. The molecule has 0 aromatic carbocycles. The fraction of sp³-hybridized carbons (Fsp3) is 0.929. The Morgan fingerprint density at radius 1 is 1.39 bits per heavy atom. The third-order valence-corrected chi connectivity index (χ3v) is 5.04. The zero-order chi connectivity index (χ0) is 12.8. The van der Waals surface area contributed by atoms with Crippen molar-refractivity contribution in [1.29, 1.82) is 0 Å². The zero-order valence-corrected chi connectivity index (χ0v) is 11.4. The van der Waals surface area contributed by atoms with Crippen molar-refractivity contribution in [2.24, 2.45) is 5.92 Å². The van der Waals surface area contributed by atoms with Crippen molar-refractivity contribution in [2.75, 3.05) is 13.2 Å². The lowest BCUT2D eigenvalue weighted by molar-refractivity contribution is -0.133. The predicted octanol–water partition coefficient (Wildman–Crippen LogP) is 1.50. The van der Waals surface area contributed by atoms with E-state index < -0.39 is 0 Å². The molecule has 3 unspecified atom stereocenters. The van der Waals surface area contributed by atoms with Crippen LogP contribution < -0.4 is 5.32 Å². The molecule has 0 aromatic rings. The Kier molecular flexibility index (Phi) is 3.10. The number of nitrogens with one attached hydrogen (secondary N) is 1. The smallest absolute Gasteiger partial charge is 0.244 e. The van der Waals surface area contributed by atoms with Gasteiger partial charge in [0.25, 0.3) is 0 Å². The van der Waals surface area contributed by atoms with E-state index in [2.05, 4.69) is 24.1 Å². The van der Waals surface area contributed by atoms with Crippen LogP contribution in [0.3, 0.4) is 0 Å². The molecule has 1 spiro atoms. The molecule has 3 fully saturated rings. The van der Waals surface area contributed by atoms with Crippen LogP contribution in [0.1, 0.15) is 46.0 Å². The molecule has 4 heteroatoms. The summed E-state index contributed by atoms with van der Waals surface area (Å²) in [6.07, 6.45) is 5.97. The molecule has 1 amide bonds. The monoisotopic (exact) mass is 252 g/mol. The number of rotatable bonds is 2. The van der Waals surface area contributed by atoms with Gasteiger partial charge in [-0.05, 0) is 33.1 Å². The van der Waals surface area contributed by atoms with Gasteiger partial charge in [0, 0.05) is 19.1 Å². The molecule has 0 radical (unpaired) electrons. The predicted molar refractivity (Wildman–Crippen MR) is 69.0 cm³/mol. The van der Waals surface area contributed by atoms with E-state index in [9.17, 15) is 4.79 Å². The highest BCUT2D eigenvalue weighted by atomic mass is 16.5. The average molecular weight is 252 g/mol. The second-order valence-electron chi connectivity index (χ2n) is 6.19. The standard InChI is InChI=1S/C14H24N2O2/c1-10-12(5-8-18-10)9-16-11(2)15-14(13(16)17)6-3-4-7-14/h10-12,15H,3-9H2,1-2H3. The summed E-state index contributed by atoms with van der Waals surface area (Å²) < 4.78 is 5.60. The van der Waals surface area contributed by atoms with Gasteiger partial charge in [0.2, 0.25) is 5.91 Å². The lowest BCUT2D eigenvalue weighted by atomic mass is 9.97. The van der Waals surface area contributed by atoms with Crippen LogP contribution in [0.2, 0.25) is 0 Å². The van der Waals surface area contributed by atoms with Gasteiger partial charge in [-0.15, -0.1) is 0 Å². The van der Waals surface area contributed by atoms with Gasteiger partial charge in [-0.3, -0.25) is 10.1 Å². The first-order chi connectivity index (χ1) is 8.62. The highest BCUT2D eigenvalue weighted by molar-refractivity contribution is 5.89. The normalized spacial score (nSPS) is 39.1. The number of amides is 1. The first-order valence-electron chi connectivity index (χ1n) is 7.33. The molecular formula is C14H24N2O2. The molecule has 3 aliphatic rings. The maximum absolute atomic E-state index is 12.7. The summed E-state index contributed by atoms with van der Waals surface area (Å²) >= 11 is 0. The minimum absolute atomic E-state index is 0.184. The Hall–Kier alpha value is -0.610. The van der Waals surface area contributed by atoms with Crippen LogP contribution in [0.15, 0.2) is 0 Å². The molecule has 1 saturated carbocycles. The van der Waals surface area contributed by atoms with E-state index in [1.165, 1.54) is 12.8 Å². The summed E-state index contributed by atoms with van der Waals surface area (Å²) in [7, 11) is 0. The van der Waals surface area contributed by atoms with E-state index in [4.69, 9.17) is 4.74 Å². The van der Waals surface area contributed by atoms with Crippen LogP contribution in [-0.2, 0) is 9.53 Å². The highest BCUT2D eigenvalue weighted by Gasteiger charge is 2.51. The third-order valence-electron chi connectivity index (χ3n) is 5.04. The number of ether oxygens (including phenoxy) is 1. The van der Waals surface area contributed by atoms with Gasteiger partial charge in [-0.2, -0.15) is 0 Å². The van der Waals surface area contributed by atoms with Crippen LogP contribution >= 0.6 is 0 Å². The molecule has 1 N–H and O–H groups in total. The molecule has 1 aliphatic carbocycles. The molecule has 0 aromatic heterocycles. The molecule has 2 saturated heterocycles. The summed E-state index contributed by atoms with van der Waals surface area (Å²) in [5.41, 5.74) is -0.220. The fourth-order valence-corrected chi connectivity index (χ4v) is 3.84. The van der Waals surface area contributed by atoms with E-state index in [0.717, 1.165) is 32.4 Å². The highest BCUT2D eigenvalue weighted by Crippen LogP contribution is 2.37.